The largest absolute Gasteiger partial charge is 0.357 e. The minimum absolute atomic E-state index is 0. The Kier molecular flexibility index (Phi) is 8.33. The van der Waals surface area contributed by atoms with Crippen LogP contribution in [0, 0.1) is 12.8 Å². The molecule has 0 aliphatic heterocycles. The van der Waals surface area contributed by atoms with Crippen molar-refractivity contribution in [1.29, 1.82) is 0 Å². The van der Waals surface area contributed by atoms with Gasteiger partial charge in [0.2, 0.25) is 5.91 Å². The van der Waals surface area contributed by atoms with E-state index in [2.05, 4.69) is 36.6 Å². The molecule has 3 rings (SSSR count). The summed E-state index contributed by atoms with van der Waals surface area (Å²) in [7, 11) is 0. The minimum Gasteiger partial charge on any atom is -0.357 e. The van der Waals surface area contributed by atoms with Crippen LogP contribution in [0.1, 0.15) is 25.6 Å². The third-order valence-corrected chi connectivity index (χ3v) is 4.45. The smallest absolute Gasteiger partial charge is 0.223 e. The molecule has 1 aliphatic carbocycles. The van der Waals surface area contributed by atoms with Gasteiger partial charge in [0.05, 0.1) is 17.6 Å². The van der Waals surface area contributed by atoms with Gasteiger partial charge in [0.1, 0.15) is 5.82 Å². The zero-order valence-electron chi connectivity index (χ0n) is 16.0. The third kappa shape index (κ3) is 6.08. The number of rotatable bonds is 8. The summed E-state index contributed by atoms with van der Waals surface area (Å²) in [4.78, 5) is 20.7. The summed E-state index contributed by atoms with van der Waals surface area (Å²) in [5.74, 6) is 2.20. The van der Waals surface area contributed by atoms with Crippen molar-refractivity contribution in [3.05, 3.63) is 30.1 Å². The fourth-order valence-corrected chi connectivity index (χ4v) is 2.94. The second-order valence-corrected chi connectivity index (χ2v) is 6.55. The number of nitrogens with zero attached hydrogens (tertiary/aromatic N) is 3. The molecule has 0 unspecified atom stereocenters. The summed E-state index contributed by atoms with van der Waals surface area (Å²) >= 11 is 0. The minimum atomic E-state index is 0. The van der Waals surface area contributed by atoms with Gasteiger partial charge in [-0.15, -0.1) is 24.0 Å². The Balaban J connectivity index is 0.00000261. The predicted octanol–water partition coefficient (Wildman–Crippen LogP) is 2.04. The molecule has 7 nitrogen and oxygen atoms in total. The molecule has 1 fully saturated rings. The molecule has 1 heterocycles. The fourth-order valence-electron chi connectivity index (χ4n) is 2.94. The van der Waals surface area contributed by atoms with Crippen LogP contribution in [0.2, 0.25) is 0 Å². The highest BCUT2D eigenvalue weighted by Crippen LogP contribution is 2.28. The normalized spacial score (nSPS) is 13.9. The van der Waals surface area contributed by atoms with Crippen LogP contribution in [-0.4, -0.2) is 47.6 Å². The first-order valence-corrected chi connectivity index (χ1v) is 9.40. The highest BCUT2D eigenvalue weighted by Gasteiger charge is 2.28. The lowest BCUT2D eigenvalue weighted by Crippen LogP contribution is -2.39. The van der Waals surface area contributed by atoms with Crippen LogP contribution < -0.4 is 16.0 Å². The molecule has 1 aliphatic rings. The maximum absolute atomic E-state index is 11.6. The number of guanidine groups is 1. The molecule has 8 heteroatoms. The Morgan fingerprint density at radius 1 is 1.22 bits per heavy atom. The van der Waals surface area contributed by atoms with E-state index in [1.165, 1.54) is 0 Å². The van der Waals surface area contributed by atoms with Gasteiger partial charge < -0.3 is 20.5 Å². The number of aryl methyl sites for hydroxylation is 1. The predicted molar refractivity (Wildman–Crippen MR) is 120 cm³/mol. The van der Waals surface area contributed by atoms with Gasteiger partial charge in [-0.3, -0.25) is 9.79 Å². The van der Waals surface area contributed by atoms with Crippen molar-refractivity contribution >= 4 is 46.9 Å². The number of halogens is 1. The van der Waals surface area contributed by atoms with Crippen LogP contribution in [0.3, 0.4) is 0 Å². The number of hydrogen-bond acceptors (Lipinski definition) is 3. The first-order valence-electron chi connectivity index (χ1n) is 9.40. The summed E-state index contributed by atoms with van der Waals surface area (Å²) in [5, 5.41) is 9.52. The molecular weight excluding hydrogens is 455 g/mol. The number of carbonyl (C=O) groups is 1. The van der Waals surface area contributed by atoms with Gasteiger partial charge in [-0.25, -0.2) is 4.98 Å². The number of amides is 1. The van der Waals surface area contributed by atoms with Crippen LogP contribution in [0.5, 0.6) is 0 Å². The molecule has 1 amide bonds. The molecule has 0 spiro atoms. The average molecular weight is 484 g/mol. The SMILES string of the molecule is CCNC(=NCCNC(=O)C1CC1)NCCn1c(C)nc2ccccc21.I. The Bertz CT molecular complexity index is 784. The topological polar surface area (TPSA) is 83.3 Å². The molecule has 1 aromatic carbocycles. The van der Waals surface area contributed by atoms with Crippen LogP contribution in [0.25, 0.3) is 11.0 Å². The Morgan fingerprint density at radius 3 is 2.74 bits per heavy atom. The maximum Gasteiger partial charge on any atom is 0.223 e. The molecule has 0 bridgehead atoms. The zero-order valence-corrected chi connectivity index (χ0v) is 18.3. The van der Waals surface area contributed by atoms with Gasteiger partial charge in [0.15, 0.2) is 5.96 Å². The zero-order chi connectivity index (χ0) is 18.4. The number of para-hydroxylation sites is 2. The van der Waals surface area contributed by atoms with Crippen molar-refractivity contribution in [3.8, 4) is 0 Å². The summed E-state index contributed by atoms with van der Waals surface area (Å²) in [5.41, 5.74) is 2.17. The van der Waals surface area contributed by atoms with Crippen LogP contribution in [0.4, 0.5) is 0 Å². The quantitative estimate of drug-likeness (QED) is 0.232. The highest BCUT2D eigenvalue weighted by molar-refractivity contribution is 14.0. The van der Waals surface area contributed by atoms with E-state index in [1.54, 1.807) is 0 Å². The first kappa shape index (κ1) is 21.5. The van der Waals surface area contributed by atoms with Crippen molar-refractivity contribution in [2.45, 2.75) is 33.2 Å². The summed E-state index contributed by atoms with van der Waals surface area (Å²) in [6.07, 6.45) is 2.06. The maximum atomic E-state index is 11.6. The van der Waals surface area contributed by atoms with E-state index in [1.807, 2.05) is 32.0 Å². The number of aromatic nitrogens is 2. The summed E-state index contributed by atoms with van der Waals surface area (Å²) < 4.78 is 2.21. The van der Waals surface area contributed by atoms with E-state index in [9.17, 15) is 4.79 Å². The molecule has 2 aromatic rings. The standard InChI is InChI=1S/C19H28N6O.HI/c1-3-20-19(22-11-10-21-18(26)15-8-9-15)23-12-13-25-14(2)24-16-6-4-5-7-17(16)25;/h4-7,15H,3,8-13H2,1-2H3,(H,21,26)(H2,20,22,23);1H. The lowest BCUT2D eigenvalue weighted by Gasteiger charge is -2.13. The van der Waals surface area contributed by atoms with Crippen molar-refractivity contribution in [3.63, 3.8) is 0 Å². The van der Waals surface area contributed by atoms with E-state index in [-0.39, 0.29) is 35.8 Å². The summed E-state index contributed by atoms with van der Waals surface area (Å²) in [6.45, 7) is 7.59. The number of imidazole rings is 1. The number of hydrogen-bond donors (Lipinski definition) is 3. The lowest BCUT2D eigenvalue weighted by molar-refractivity contribution is -0.122. The van der Waals surface area contributed by atoms with Crippen molar-refractivity contribution in [1.82, 2.24) is 25.5 Å². The fraction of sp³-hybridized carbons (Fsp3) is 0.526. The molecule has 148 valence electrons. The average Bonchev–Trinajstić information content (AvgIpc) is 3.43. The monoisotopic (exact) mass is 484 g/mol. The van der Waals surface area contributed by atoms with Crippen molar-refractivity contribution in [2.24, 2.45) is 10.9 Å². The van der Waals surface area contributed by atoms with E-state index >= 15 is 0 Å². The molecule has 3 N–H and O–H groups in total. The van der Waals surface area contributed by atoms with Crippen LogP contribution in [-0.2, 0) is 11.3 Å². The van der Waals surface area contributed by atoms with Gasteiger partial charge in [-0.2, -0.15) is 0 Å². The molecular formula is C19H29IN6O. The van der Waals surface area contributed by atoms with Crippen molar-refractivity contribution < 1.29 is 4.79 Å². The number of fused-ring (bicyclic) bond motifs is 1. The molecule has 27 heavy (non-hydrogen) atoms. The molecule has 1 aromatic heterocycles. The number of nitrogens with one attached hydrogen (secondary N) is 3. The first-order chi connectivity index (χ1) is 12.7. The Labute approximate surface area is 177 Å². The van der Waals surface area contributed by atoms with Gasteiger partial charge >= 0.3 is 0 Å². The van der Waals surface area contributed by atoms with E-state index < -0.39 is 0 Å². The number of aliphatic imine (C=N–C) groups is 1. The second kappa shape index (κ2) is 10.5. The second-order valence-electron chi connectivity index (χ2n) is 6.55. The van der Waals surface area contributed by atoms with E-state index in [0.717, 1.165) is 55.3 Å². The molecule has 1 saturated carbocycles. The van der Waals surface area contributed by atoms with Gasteiger partial charge in [0.25, 0.3) is 0 Å². The Morgan fingerprint density at radius 2 is 2.00 bits per heavy atom. The number of benzene rings is 1. The number of carbonyl (C=O) groups excluding carboxylic acids is 1. The highest BCUT2D eigenvalue weighted by atomic mass is 127. The van der Waals surface area contributed by atoms with E-state index in [4.69, 9.17) is 0 Å². The van der Waals surface area contributed by atoms with Gasteiger partial charge in [-0.1, -0.05) is 12.1 Å². The van der Waals surface area contributed by atoms with Crippen LogP contribution in [0.15, 0.2) is 29.3 Å². The third-order valence-electron chi connectivity index (χ3n) is 4.45. The Hall–Kier alpha value is -1.84. The summed E-state index contributed by atoms with van der Waals surface area (Å²) in [6, 6.07) is 8.18. The molecule has 0 radical (unpaired) electrons. The van der Waals surface area contributed by atoms with Gasteiger partial charge in [0, 0.05) is 32.1 Å². The van der Waals surface area contributed by atoms with Crippen LogP contribution >= 0.6 is 24.0 Å². The molecule has 0 atom stereocenters. The van der Waals surface area contributed by atoms with E-state index in [0.29, 0.717) is 13.1 Å². The molecule has 0 saturated heterocycles. The lowest BCUT2D eigenvalue weighted by atomic mass is 10.3. The van der Waals surface area contributed by atoms with Gasteiger partial charge in [-0.05, 0) is 38.8 Å². The van der Waals surface area contributed by atoms with Crippen molar-refractivity contribution in [2.75, 3.05) is 26.2 Å².